The number of non-ortho nitro benzene ring substituents is 2. The molecule has 0 aliphatic heterocycles. The SMILES string of the molecule is O=C1C(=O)c2ccccc2C([O-])=C1N=Nc1ccc([N+](=O)[O-])cc1.O=C1C(=O)c2ccccc2C([O-])=C1N=Nc1ccc([N+](=O)[O-])cc1.[Cu+2]. The third-order valence-corrected chi connectivity index (χ3v) is 6.76. The third kappa shape index (κ3) is 7.27. The number of carbonyl (C=O) groups is 4. The first kappa shape index (κ1) is 35.0. The minimum Gasteiger partial charge on any atom is -0.870 e. The molecule has 2 aliphatic rings. The zero-order valence-electron chi connectivity index (χ0n) is 24.3. The average Bonchev–Trinajstić information content (AvgIpc) is 3.10. The molecule has 0 unspecified atom stereocenters. The maximum absolute atomic E-state index is 12.3. The number of hydrogen-bond acceptors (Lipinski definition) is 14. The van der Waals surface area contributed by atoms with Crippen LogP contribution in [-0.2, 0) is 26.7 Å². The molecule has 245 valence electrons. The summed E-state index contributed by atoms with van der Waals surface area (Å²) in [5.74, 6) is -5.04. The number of nitrogens with zero attached hydrogens (tertiary/aromatic N) is 6. The summed E-state index contributed by atoms with van der Waals surface area (Å²) >= 11 is 0. The number of nitro groups is 2. The molecule has 0 amide bonds. The Morgan fingerprint density at radius 2 is 0.735 bits per heavy atom. The molecular weight excluding hydrogens is 692 g/mol. The van der Waals surface area contributed by atoms with E-state index in [0.717, 1.165) is 0 Å². The van der Waals surface area contributed by atoms with E-state index >= 15 is 0 Å². The van der Waals surface area contributed by atoms with Crippen LogP contribution in [-0.4, -0.2) is 33.0 Å². The first-order valence-electron chi connectivity index (χ1n) is 13.5. The first-order chi connectivity index (χ1) is 23.0. The maximum Gasteiger partial charge on any atom is 2.00 e. The van der Waals surface area contributed by atoms with Gasteiger partial charge in [0, 0.05) is 35.4 Å². The largest absolute Gasteiger partial charge is 2.00 e. The minimum atomic E-state index is -1.02. The molecule has 0 saturated heterocycles. The average molecular weight is 708 g/mol. The van der Waals surface area contributed by atoms with Crippen LogP contribution in [0.3, 0.4) is 0 Å². The number of ketones is 4. The second-order valence-corrected chi connectivity index (χ2v) is 9.71. The molecule has 0 saturated carbocycles. The molecule has 17 heteroatoms. The number of Topliss-reactive ketones (excluding diaryl/α,β-unsaturated/α-hetero) is 4. The Morgan fingerprint density at radius 3 is 1.04 bits per heavy atom. The van der Waals surface area contributed by atoms with E-state index in [0.29, 0.717) is 0 Å². The topological polar surface area (TPSA) is 250 Å². The summed E-state index contributed by atoms with van der Waals surface area (Å²) in [5, 5.41) is 60.3. The second-order valence-electron chi connectivity index (χ2n) is 9.71. The van der Waals surface area contributed by atoms with Crippen molar-refractivity contribution in [2.75, 3.05) is 0 Å². The van der Waals surface area contributed by atoms with Gasteiger partial charge in [-0.15, -0.1) is 10.2 Å². The molecule has 0 N–H and O–H groups in total. The molecule has 2 aliphatic carbocycles. The van der Waals surface area contributed by atoms with Crippen molar-refractivity contribution in [2.45, 2.75) is 0 Å². The molecule has 6 rings (SSSR count). The minimum absolute atomic E-state index is 0. The Bertz CT molecular complexity index is 2020. The van der Waals surface area contributed by atoms with E-state index in [4.69, 9.17) is 0 Å². The van der Waals surface area contributed by atoms with Gasteiger partial charge in [0.2, 0.25) is 11.6 Å². The number of hydrogen-bond donors (Lipinski definition) is 0. The standard InChI is InChI=1S/2C16H9N3O5.Cu/c2*20-14-11-3-1-2-4-12(11)15(21)16(22)13(14)18-17-9-5-7-10(8-6-9)19(23)24;/h2*1-8,20H;/q;;+2/p-2. The predicted octanol–water partition coefficient (Wildman–Crippen LogP) is 4.34. The van der Waals surface area contributed by atoms with Crippen LogP contribution in [0, 0.1) is 20.2 Å². The molecule has 0 fully saturated rings. The van der Waals surface area contributed by atoms with Crippen molar-refractivity contribution in [2.24, 2.45) is 20.5 Å². The fourth-order valence-electron chi connectivity index (χ4n) is 4.36. The Morgan fingerprint density at radius 1 is 0.429 bits per heavy atom. The third-order valence-electron chi connectivity index (χ3n) is 6.76. The van der Waals surface area contributed by atoms with Gasteiger partial charge in [0.15, 0.2) is 0 Å². The summed E-state index contributed by atoms with van der Waals surface area (Å²) in [6.45, 7) is 0. The summed E-state index contributed by atoms with van der Waals surface area (Å²) in [6.07, 6.45) is 0. The van der Waals surface area contributed by atoms with Crippen LogP contribution < -0.4 is 10.2 Å². The number of benzene rings is 4. The number of rotatable bonds is 6. The number of nitro benzene ring substituents is 2. The van der Waals surface area contributed by atoms with Crippen LogP contribution in [0.25, 0.3) is 11.5 Å². The van der Waals surface area contributed by atoms with Gasteiger partial charge >= 0.3 is 17.1 Å². The maximum atomic E-state index is 12.3. The molecule has 4 aromatic rings. The van der Waals surface area contributed by atoms with Crippen molar-refractivity contribution in [3.63, 3.8) is 0 Å². The summed E-state index contributed by atoms with van der Waals surface area (Å²) < 4.78 is 0. The van der Waals surface area contributed by atoms with Crippen molar-refractivity contribution in [3.05, 3.63) is 151 Å². The van der Waals surface area contributed by atoms with E-state index in [9.17, 15) is 49.6 Å². The van der Waals surface area contributed by atoms with Crippen molar-refractivity contribution in [1.82, 2.24) is 0 Å². The van der Waals surface area contributed by atoms with Gasteiger partial charge in [-0.3, -0.25) is 39.4 Å². The number of azo groups is 2. The number of fused-ring (bicyclic) bond motifs is 2. The van der Waals surface area contributed by atoms with Crippen molar-refractivity contribution < 1.29 is 56.3 Å². The van der Waals surface area contributed by atoms with Crippen LogP contribution in [0.1, 0.15) is 31.8 Å². The molecule has 16 nitrogen and oxygen atoms in total. The first-order valence-corrected chi connectivity index (χ1v) is 13.5. The predicted molar refractivity (Wildman–Crippen MR) is 161 cm³/mol. The van der Waals surface area contributed by atoms with Gasteiger partial charge in [-0.1, -0.05) is 60.0 Å². The van der Waals surface area contributed by atoms with Crippen molar-refractivity contribution in [3.8, 4) is 0 Å². The van der Waals surface area contributed by atoms with Gasteiger partial charge in [0.25, 0.3) is 22.9 Å². The summed E-state index contributed by atoms with van der Waals surface area (Å²) in [6, 6.07) is 22.0. The van der Waals surface area contributed by atoms with Crippen molar-refractivity contribution >= 4 is 57.4 Å². The van der Waals surface area contributed by atoms with E-state index in [1.54, 1.807) is 24.3 Å². The number of carbonyl (C=O) groups excluding carboxylic acids is 4. The molecule has 0 aromatic heterocycles. The van der Waals surface area contributed by atoms with Crippen LogP contribution in [0.2, 0.25) is 0 Å². The zero-order chi connectivity index (χ0) is 34.5. The van der Waals surface area contributed by atoms with Crippen molar-refractivity contribution in [1.29, 1.82) is 0 Å². The molecule has 49 heavy (non-hydrogen) atoms. The molecule has 1 radical (unpaired) electrons. The van der Waals surface area contributed by atoms with Crippen LogP contribution in [0.4, 0.5) is 22.7 Å². The summed E-state index contributed by atoms with van der Waals surface area (Å²) in [5.41, 5.74) is -0.705. The molecule has 0 bridgehead atoms. The van der Waals surface area contributed by atoms with E-state index in [1.165, 1.54) is 72.8 Å². The molecule has 0 atom stereocenters. The van der Waals surface area contributed by atoms with E-state index in [1.807, 2.05) is 0 Å². The summed E-state index contributed by atoms with van der Waals surface area (Å²) in [7, 11) is 0. The fraction of sp³-hybridized carbons (Fsp3) is 0. The van der Waals surface area contributed by atoms with Crippen LogP contribution in [0.5, 0.6) is 0 Å². The Kier molecular flexibility index (Phi) is 10.5. The van der Waals surface area contributed by atoms with Gasteiger partial charge in [-0.25, -0.2) is 0 Å². The molecular formula is C32H16CuN6O10. The van der Waals surface area contributed by atoms with Gasteiger partial charge in [-0.2, -0.15) is 10.2 Å². The van der Waals surface area contributed by atoms with Gasteiger partial charge in [-0.05, 0) is 35.4 Å². The monoisotopic (exact) mass is 707 g/mol. The van der Waals surface area contributed by atoms with Gasteiger partial charge in [0.05, 0.1) is 21.2 Å². The van der Waals surface area contributed by atoms with E-state index in [-0.39, 0.29) is 62.1 Å². The molecule has 4 aromatic carbocycles. The molecule has 0 spiro atoms. The Hall–Kier alpha value is -6.84. The number of allylic oxidation sites excluding steroid dienone is 2. The Balaban J connectivity index is 0.000000216. The quantitative estimate of drug-likeness (QED) is 0.0900. The van der Waals surface area contributed by atoms with Gasteiger partial charge in [0.1, 0.15) is 11.4 Å². The van der Waals surface area contributed by atoms with Gasteiger partial charge < -0.3 is 10.2 Å². The molecule has 0 heterocycles. The van der Waals surface area contributed by atoms with Crippen LogP contribution >= 0.6 is 0 Å². The fourth-order valence-corrected chi connectivity index (χ4v) is 4.36. The smallest absolute Gasteiger partial charge is 0.870 e. The normalized spacial score (nSPS) is 13.9. The zero-order valence-corrected chi connectivity index (χ0v) is 25.2. The summed E-state index contributed by atoms with van der Waals surface area (Å²) in [4.78, 5) is 68.0. The van der Waals surface area contributed by atoms with E-state index < -0.39 is 55.9 Å². The van der Waals surface area contributed by atoms with E-state index in [2.05, 4.69) is 20.5 Å². The second kappa shape index (κ2) is 14.7. The van der Waals surface area contributed by atoms with Crippen LogP contribution in [0.15, 0.2) is 129 Å². The Labute approximate surface area is 284 Å².